The Balaban J connectivity index is 2.48. The van der Waals surface area contributed by atoms with E-state index < -0.39 is 32.9 Å². The number of alkyl halides is 2. The molecule has 0 fully saturated rings. The van der Waals surface area contributed by atoms with E-state index >= 15 is 0 Å². The van der Waals surface area contributed by atoms with E-state index in [0.717, 1.165) is 5.56 Å². The average molecular weight is 407 g/mol. The summed E-state index contributed by atoms with van der Waals surface area (Å²) < 4.78 is 1.30. The number of benzene rings is 1. The van der Waals surface area contributed by atoms with Gasteiger partial charge in [-0.3, -0.25) is 14.2 Å². The Hall–Kier alpha value is -1.20. The highest BCUT2D eigenvalue weighted by molar-refractivity contribution is 6.55. The van der Waals surface area contributed by atoms with Gasteiger partial charge in [-0.15, -0.1) is 0 Å². The van der Waals surface area contributed by atoms with Crippen molar-refractivity contribution in [1.82, 2.24) is 4.57 Å². The van der Waals surface area contributed by atoms with Crippen LogP contribution in [0.15, 0.2) is 23.0 Å². The summed E-state index contributed by atoms with van der Waals surface area (Å²) in [6.07, 6.45) is 0. The first kappa shape index (κ1) is 17.6. The van der Waals surface area contributed by atoms with E-state index in [4.69, 9.17) is 46.4 Å². The number of hydrogen-bond donors (Lipinski definition) is 1. The molecule has 0 saturated heterocycles. The van der Waals surface area contributed by atoms with E-state index in [0.29, 0.717) is 16.4 Å². The minimum Gasteiger partial charge on any atom is -0.505 e. The highest BCUT2D eigenvalue weighted by Gasteiger charge is 2.42. The lowest BCUT2D eigenvalue weighted by molar-refractivity contribution is 0.100. The van der Waals surface area contributed by atoms with Gasteiger partial charge in [-0.05, 0) is 23.8 Å². The van der Waals surface area contributed by atoms with Crippen LogP contribution < -0.4 is 5.56 Å². The van der Waals surface area contributed by atoms with Crippen LogP contribution in [0.3, 0.4) is 0 Å². The summed E-state index contributed by atoms with van der Waals surface area (Å²) in [6.45, 7) is 3.69. The molecule has 1 aromatic heterocycles. The van der Waals surface area contributed by atoms with Crippen molar-refractivity contribution in [3.8, 4) is 11.4 Å². The molecule has 0 bridgehead atoms. The quantitative estimate of drug-likeness (QED) is 0.590. The Morgan fingerprint density at radius 2 is 1.88 bits per heavy atom. The Kier molecular flexibility index (Phi) is 4.16. The minimum atomic E-state index is -1.49. The third-order valence-corrected chi connectivity index (χ3v) is 5.19. The molecule has 126 valence electrons. The van der Waals surface area contributed by atoms with Crippen LogP contribution in [0.4, 0.5) is 0 Å². The molecule has 1 N–H and O–H groups in total. The van der Waals surface area contributed by atoms with Gasteiger partial charge in [0, 0.05) is 10.4 Å². The molecule has 0 saturated carbocycles. The number of carbonyl (C=O) groups is 1. The Morgan fingerprint density at radius 3 is 2.46 bits per heavy atom. The van der Waals surface area contributed by atoms with E-state index in [1.54, 1.807) is 18.2 Å². The maximum Gasteiger partial charge on any atom is 0.270 e. The summed E-state index contributed by atoms with van der Waals surface area (Å²) >= 11 is 23.5. The summed E-state index contributed by atoms with van der Waals surface area (Å²) in [4.78, 5) is 23.5. The van der Waals surface area contributed by atoms with Gasteiger partial charge < -0.3 is 5.11 Å². The van der Waals surface area contributed by atoms with E-state index in [1.807, 2.05) is 13.8 Å². The fraction of sp³-hybridized carbons (Fsp3) is 0.250. The Bertz CT molecular complexity index is 947. The molecular weight excluding hydrogens is 396 g/mol. The number of pyridine rings is 1. The monoisotopic (exact) mass is 405 g/mol. The molecule has 1 aliphatic rings. The molecule has 4 nitrogen and oxygen atoms in total. The van der Waals surface area contributed by atoms with E-state index in [-0.39, 0.29) is 5.02 Å². The van der Waals surface area contributed by atoms with Crippen LogP contribution in [0.2, 0.25) is 10.0 Å². The van der Waals surface area contributed by atoms with Crippen molar-refractivity contribution in [1.29, 1.82) is 0 Å². The highest BCUT2D eigenvalue weighted by atomic mass is 35.5. The highest BCUT2D eigenvalue weighted by Crippen LogP contribution is 2.48. The molecule has 2 heterocycles. The van der Waals surface area contributed by atoms with Crippen LogP contribution in [0.5, 0.6) is 5.75 Å². The smallest absolute Gasteiger partial charge is 0.270 e. The lowest BCUT2D eigenvalue weighted by atomic mass is 9.83. The summed E-state index contributed by atoms with van der Waals surface area (Å²) in [5.74, 6) is -1.52. The van der Waals surface area contributed by atoms with Gasteiger partial charge in [0.05, 0.1) is 11.4 Å². The van der Waals surface area contributed by atoms with E-state index in [9.17, 15) is 14.7 Å². The van der Waals surface area contributed by atoms with Gasteiger partial charge in [-0.1, -0.05) is 60.3 Å². The van der Waals surface area contributed by atoms with Crippen molar-refractivity contribution in [3.05, 3.63) is 55.4 Å². The van der Waals surface area contributed by atoms with Crippen molar-refractivity contribution in [2.75, 3.05) is 0 Å². The molecule has 1 aliphatic heterocycles. The second kappa shape index (κ2) is 5.67. The molecular formula is C16H11Cl4NO3. The molecule has 2 aromatic rings. The van der Waals surface area contributed by atoms with Crippen molar-refractivity contribution in [3.63, 3.8) is 0 Å². The Morgan fingerprint density at radius 1 is 1.25 bits per heavy atom. The number of hydrogen-bond acceptors (Lipinski definition) is 3. The molecule has 24 heavy (non-hydrogen) atoms. The maximum absolute atomic E-state index is 12.9. The van der Waals surface area contributed by atoms with Crippen LogP contribution in [-0.4, -0.2) is 20.3 Å². The van der Waals surface area contributed by atoms with Crippen molar-refractivity contribution in [2.45, 2.75) is 24.1 Å². The number of ketones is 1. The minimum absolute atomic E-state index is 0.0933. The summed E-state index contributed by atoms with van der Waals surface area (Å²) in [5.41, 5.74) is -0.278. The number of rotatable bonds is 2. The molecule has 0 unspecified atom stereocenters. The van der Waals surface area contributed by atoms with Crippen LogP contribution in [0.25, 0.3) is 5.69 Å². The third-order valence-electron chi connectivity index (χ3n) is 4.20. The summed E-state index contributed by atoms with van der Waals surface area (Å²) in [7, 11) is 0. The molecule has 0 aliphatic carbocycles. The summed E-state index contributed by atoms with van der Waals surface area (Å²) in [6, 6.07) is 5.02. The fourth-order valence-electron chi connectivity index (χ4n) is 3.08. The fourth-order valence-corrected chi connectivity index (χ4v) is 3.89. The zero-order valence-corrected chi connectivity index (χ0v) is 15.6. The van der Waals surface area contributed by atoms with Crippen LogP contribution in [-0.2, 0) is 5.41 Å². The van der Waals surface area contributed by atoms with Gasteiger partial charge in [-0.2, -0.15) is 0 Å². The first-order valence-electron chi connectivity index (χ1n) is 6.89. The number of Topliss-reactive ketones (excluding diaryl/α,β-unsaturated/α-hetero) is 1. The van der Waals surface area contributed by atoms with Crippen LogP contribution in [0.1, 0.15) is 35.5 Å². The summed E-state index contributed by atoms with van der Waals surface area (Å²) in [5, 5.41) is 10.7. The second-order valence-corrected chi connectivity index (χ2v) is 7.89. The molecule has 0 spiro atoms. The molecule has 8 heteroatoms. The van der Waals surface area contributed by atoms with Gasteiger partial charge in [0.15, 0.2) is 10.6 Å². The number of aromatic nitrogens is 1. The largest absolute Gasteiger partial charge is 0.505 e. The van der Waals surface area contributed by atoms with Gasteiger partial charge in [0.25, 0.3) is 5.56 Å². The topological polar surface area (TPSA) is 59.3 Å². The molecule has 3 rings (SSSR count). The molecule has 0 amide bonds. The Labute approximate surface area is 157 Å². The van der Waals surface area contributed by atoms with Gasteiger partial charge in [0.2, 0.25) is 5.78 Å². The number of aromatic hydroxyl groups is 1. The zero-order chi connectivity index (χ0) is 18.0. The van der Waals surface area contributed by atoms with Gasteiger partial charge in [-0.25, -0.2) is 0 Å². The number of halogens is 4. The SMILES string of the molecule is CC1(C)c2cc(Cl)ccc2-n2c1c(Cl)c(O)c(C(=O)C(Cl)Cl)c2=O. The van der Waals surface area contributed by atoms with Crippen molar-refractivity contribution in [2.24, 2.45) is 0 Å². The molecule has 0 atom stereocenters. The predicted molar refractivity (Wildman–Crippen MR) is 95.7 cm³/mol. The van der Waals surface area contributed by atoms with Gasteiger partial charge in [0.1, 0.15) is 10.6 Å². The number of carbonyl (C=O) groups excluding carboxylic acids is 1. The number of nitrogens with zero attached hydrogens (tertiary/aromatic N) is 1. The average Bonchev–Trinajstić information content (AvgIpc) is 2.73. The first-order chi connectivity index (χ1) is 11.1. The normalized spacial score (nSPS) is 14.6. The second-order valence-electron chi connectivity index (χ2n) is 5.98. The van der Waals surface area contributed by atoms with Gasteiger partial charge >= 0.3 is 0 Å². The first-order valence-corrected chi connectivity index (χ1v) is 8.52. The lowest BCUT2D eigenvalue weighted by Crippen LogP contribution is -2.30. The molecule has 1 aromatic carbocycles. The van der Waals surface area contributed by atoms with E-state index in [2.05, 4.69) is 0 Å². The van der Waals surface area contributed by atoms with Crippen LogP contribution >= 0.6 is 46.4 Å². The standard InChI is InChI=1S/C16H11Cl4NO3/c1-16(2)7-5-6(17)3-4-8(7)21-13(16)10(18)11(22)9(15(21)24)12(23)14(19)20/h3-5,14,22H,1-2H3. The maximum atomic E-state index is 12.9. The zero-order valence-electron chi connectivity index (χ0n) is 12.5. The lowest BCUT2D eigenvalue weighted by Gasteiger charge is -2.22. The number of fused-ring (bicyclic) bond motifs is 3. The van der Waals surface area contributed by atoms with E-state index in [1.165, 1.54) is 4.57 Å². The third kappa shape index (κ3) is 2.28. The van der Waals surface area contributed by atoms with Crippen LogP contribution in [0, 0.1) is 0 Å². The van der Waals surface area contributed by atoms with Crippen molar-refractivity contribution < 1.29 is 9.90 Å². The van der Waals surface area contributed by atoms with Crippen molar-refractivity contribution >= 4 is 52.2 Å². The molecule has 0 radical (unpaired) electrons. The predicted octanol–water partition coefficient (Wildman–Crippen LogP) is 4.48.